The molecule has 4 heteroatoms. The summed E-state index contributed by atoms with van der Waals surface area (Å²) in [5, 5.41) is 12.5. The van der Waals surface area contributed by atoms with Crippen molar-refractivity contribution >= 4 is 5.69 Å². The SMILES string of the molecule is COc1ccc(NCc2ccccc2O)c(F)c1. The van der Waals surface area contributed by atoms with Crippen LogP contribution in [-0.4, -0.2) is 12.2 Å². The smallest absolute Gasteiger partial charge is 0.149 e. The largest absolute Gasteiger partial charge is 0.508 e. The van der Waals surface area contributed by atoms with E-state index in [9.17, 15) is 9.50 Å². The van der Waals surface area contributed by atoms with Gasteiger partial charge in [0.1, 0.15) is 17.3 Å². The van der Waals surface area contributed by atoms with E-state index in [1.165, 1.54) is 13.2 Å². The van der Waals surface area contributed by atoms with Crippen molar-refractivity contribution in [3.63, 3.8) is 0 Å². The Labute approximate surface area is 105 Å². The van der Waals surface area contributed by atoms with Crippen molar-refractivity contribution in [2.75, 3.05) is 12.4 Å². The maximum Gasteiger partial charge on any atom is 0.149 e. The van der Waals surface area contributed by atoms with Crippen LogP contribution in [-0.2, 0) is 6.54 Å². The molecule has 3 nitrogen and oxygen atoms in total. The van der Waals surface area contributed by atoms with E-state index >= 15 is 0 Å². The lowest BCUT2D eigenvalue weighted by molar-refractivity contribution is 0.411. The maximum absolute atomic E-state index is 13.6. The lowest BCUT2D eigenvalue weighted by Gasteiger charge is -2.09. The van der Waals surface area contributed by atoms with Crippen molar-refractivity contribution < 1.29 is 14.2 Å². The third-order valence-corrected chi connectivity index (χ3v) is 2.64. The number of para-hydroxylation sites is 1. The van der Waals surface area contributed by atoms with Crippen LogP contribution in [0.2, 0.25) is 0 Å². The minimum Gasteiger partial charge on any atom is -0.508 e. The third-order valence-electron chi connectivity index (χ3n) is 2.64. The van der Waals surface area contributed by atoms with E-state index in [1.54, 1.807) is 30.3 Å². The van der Waals surface area contributed by atoms with Gasteiger partial charge in [-0.2, -0.15) is 0 Å². The number of nitrogens with one attached hydrogen (secondary N) is 1. The lowest BCUT2D eigenvalue weighted by atomic mass is 10.2. The van der Waals surface area contributed by atoms with Crippen LogP contribution in [0.4, 0.5) is 10.1 Å². The standard InChI is InChI=1S/C14H14FNO2/c1-18-11-6-7-13(12(15)8-11)16-9-10-4-2-3-5-14(10)17/h2-8,16-17H,9H2,1H3. The van der Waals surface area contributed by atoms with E-state index in [-0.39, 0.29) is 11.6 Å². The van der Waals surface area contributed by atoms with Gasteiger partial charge in [0.25, 0.3) is 0 Å². The summed E-state index contributed by atoms with van der Waals surface area (Å²) in [5.74, 6) is 0.282. The Morgan fingerprint density at radius 2 is 2.00 bits per heavy atom. The number of methoxy groups -OCH3 is 1. The van der Waals surface area contributed by atoms with E-state index in [1.807, 2.05) is 6.07 Å². The van der Waals surface area contributed by atoms with E-state index in [0.29, 0.717) is 23.5 Å². The molecule has 0 atom stereocenters. The number of benzene rings is 2. The minimum atomic E-state index is -0.384. The van der Waals surface area contributed by atoms with Gasteiger partial charge in [-0.3, -0.25) is 0 Å². The van der Waals surface area contributed by atoms with Gasteiger partial charge in [-0.25, -0.2) is 4.39 Å². The van der Waals surface area contributed by atoms with Crippen LogP contribution in [0.25, 0.3) is 0 Å². The second kappa shape index (κ2) is 5.40. The predicted molar refractivity (Wildman–Crippen MR) is 68.4 cm³/mol. The van der Waals surface area contributed by atoms with Gasteiger partial charge in [0, 0.05) is 18.2 Å². The van der Waals surface area contributed by atoms with Crippen molar-refractivity contribution in [1.29, 1.82) is 0 Å². The number of aromatic hydroxyl groups is 1. The first kappa shape index (κ1) is 12.2. The molecule has 0 bridgehead atoms. The highest BCUT2D eigenvalue weighted by molar-refractivity contribution is 5.49. The lowest BCUT2D eigenvalue weighted by Crippen LogP contribution is -2.01. The highest BCUT2D eigenvalue weighted by Crippen LogP contribution is 2.22. The molecule has 0 unspecified atom stereocenters. The number of ether oxygens (including phenoxy) is 1. The van der Waals surface area contributed by atoms with Crippen molar-refractivity contribution in [1.82, 2.24) is 0 Å². The zero-order valence-electron chi connectivity index (χ0n) is 9.98. The molecule has 0 aliphatic heterocycles. The molecule has 0 aliphatic rings. The average molecular weight is 247 g/mol. The molecular weight excluding hydrogens is 233 g/mol. The van der Waals surface area contributed by atoms with Gasteiger partial charge in [0.05, 0.1) is 12.8 Å². The molecule has 0 aliphatic carbocycles. The van der Waals surface area contributed by atoms with Gasteiger partial charge in [-0.1, -0.05) is 18.2 Å². The number of halogens is 1. The Balaban J connectivity index is 2.09. The summed E-state index contributed by atoms with van der Waals surface area (Å²) in [5.41, 5.74) is 1.09. The normalized spacial score (nSPS) is 10.1. The van der Waals surface area contributed by atoms with E-state index < -0.39 is 0 Å². The molecule has 2 aromatic rings. The molecule has 0 radical (unpaired) electrons. The molecule has 0 saturated heterocycles. The van der Waals surface area contributed by atoms with Gasteiger partial charge in [0.15, 0.2) is 0 Å². The van der Waals surface area contributed by atoms with Gasteiger partial charge >= 0.3 is 0 Å². The van der Waals surface area contributed by atoms with Crippen molar-refractivity contribution in [3.8, 4) is 11.5 Å². The zero-order chi connectivity index (χ0) is 13.0. The Morgan fingerprint density at radius 3 is 2.67 bits per heavy atom. The maximum atomic E-state index is 13.6. The van der Waals surface area contributed by atoms with Crippen molar-refractivity contribution in [3.05, 3.63) is 53.8 Å². The van der Waals surface area contributed by atoms with Crippen LogP contribution in [0.1, 0.15) is 5.56 Å². The van der Waals surface area contributed by atoms with Crippen LogP contribution in [0.3, 0.4) is 0 Å². The average Bonchev–Trinajstić information content (AvgIpc) is 2.39. The Morgan fingerprint density at radius 1 is 1.22 bits per heavy atom. The number of anilines is 1. The minimum absolute atomic E-state index is 0.193. The molecule has 0 fully saturated rings. The van der Waals surface area contributed by atoms with Crippen molar-refractivity contribution in [2.24, 2.45) is 0 Å². The van der Waals surface area contributed by atoms with Crippen LogP contribution in [0.5, 0.6) is 11.5 Å². The summed E-state index contributed by atoms with van der Waals surface area (Å²) in [6.45, 7) is 0.357. The highest BCUT2D eigenvalue weighted by Gasteiger charge is 2.05. The first-order chi connectivity index (χ1) is 8.70. The molecule has 0 spiro atoms. The summed E-state index contributed by atoms with van der Waals surface area (Å²) < 4.78 is 18.6. The van der Waals surface area contributed by atoms with Gasteiger partial charge < -0.3 is 15.2 Å². The number of phenolic OH excluding ortho intramolecular Hbond substituents is 1. The van der Waals surface area contributed by atoms with Gasteiger partial charge in [-0.15, -0.1) is 0 Å². The summed E-state index contributed by atoms with van der Waals surface area (Å²) >= 11 is 0. The Bertz CT molecular complexity index is 543. The molecule has 2 rings (SSSR count). The molecule has 94 valence electrons. The summed E-state index contributed by atoms with van der Waals surface area (Å²) in [6.07, 6.45) is 0. The molecular formula is C14H14FNO2. The van der Waals surface area contributed by atoms with Crippen LogP contribution < -0.4 is 10.1 Å². The molecule has 18 heavy (non-hydrogen) atoms. The van der Waals surface area contributed by atoms with Gasteiger partial charge in [0.2, 0.25) is 0 Å². The fraction of sp³-hybridized carbons (Fsp3) is 0.143. The van der Waals surface area contributed by atoms with Crippen LogP contribution in [0.15, 0.2) is 42.5 Å². The fourth-order valence-corrected chi connectivity index (χ4v) is 1.62. The summed E-state index contributed by atoms with van der Waals surface area (Å²) in [6, 6.07) is 11.5. The first-order valence-corrected chi connectivity index (χ1v) is 5.55. The number of hydrogen-bond donors (Lipinski definition) is 2. The highest BCUT2D eigenvalue weighted by atomic mass is 19.1. The zero-order valence-corrected chi connectivity index (χ0v) is 9.98. The topological polar surface area (TPSA) is 41.5 Å². The number of hydrogen-bond acceptors (Lipinski definition) is 3. The number of rotatable bonds is 4. The molecule has 0 amide bonds. The van der Waals surface area contributed by atoms with E-state index in [0.717, 1.165) is 0 Å². The number of phenols is 1. The summed E-state index contributed by atoms with van der Waals surface area (Å²) in [7, 11) is 1.49. The third kappa shape index (κ3) is 2.71. The quantitative estimate of drug-likeness (QED) is 0.872. The van der Waals surface area contributed by atoms with Gasteiger partial charge in [-0.05, 0) is 18.2 Å². The second-order valence-corrected chi connectivity index (χ2v) is 3.83. The Kier molecular flexibility index (Phi) is 3.67. The van der Waals surface area contributed by atoms with Crippen LogP contribution in [0, 0.1) is 5.82 Å². The molecule has 0 heterocycles. The van der Waals surface area contributed by atoms with E-state index in [2.05, 4.69) is 5.32 Å². The first-order valence-electron chi connectivity index (χ1n) is 5.55. The molecule has 2 aromatic carbocycles. The second-order valence-electron chi connectivity index (χ2n) is 3.83. The van der Waals surface area contributed by atoms with Crippen LogP contribution >= 0.6 is 0 Å². The molecule has 0 saturated carbocycles. The predicted octanol–water partition coefficient (Wildman–Crippen LogP) is 3.15. The van der Waals surface area contributed by atoms with E-state index in [4.69, 9.17) is 4.74 Å². The fourth-order valence-electron chi connectivity index (χ4n) is 1.62. The monoisotopic (exact) mass is 247 g/mol. The molecule has 0 aromatic heterocycles. The van der Waals surface area contributed by atoms with Crippen molar-refractivity contribution in [2.45, 2.75) is 6.54 Å². The molecule has 2 N–H and O–H groups in total. The Hall–Kier alpha value is -2.23. The summed E-state index contributed by atoms with van der Waals surface area (Å²) in [4.78, 5) is 0.